The third-order valence-electron chi connectivity index (χ3n) is 1.23. The number of aliphatic carboxylic acids is 1. The van der Waals surface area contributed by atoms with Gasteiger partial charge in [0.05, 0.1) is 5.92 Å². The predicted octanol–water partition coefficient (Wildman–Crippen LogP) is 0.521. The SMILES string of the molecule is [CH2]CCNCC(C)C(=O)O. The summed E-state index contributed by atoms with van der Waals surface area (Å²) in [7, 11) is 0. The second-order valence-corrected chi connectivity index (χ2v) is 2.30. The van der Waals surface area contributed by atoms with Gasteiger partial charge >= 0.3 is 5.97 Å². The number of carbonyl (C=O) groups is 1. The van der Waals surface area contributed by atoms with Gasteiger partial charge in [-0.05, 0) is 13.0 Å². The average molecular weight is 144 g/mol. The molecule has 0 aromatic carbocycles. The second-order valence-electron chi connectivity index (χ2n) is 2.30. The molecular weight excluding hydrogens is 130 g/mol. The van der Waals surface area contributed by atoms with Crippen LogP contribution in [0.25, 0.3) is 0 Å². The highest BCUT2D eigenvalue weighted by Gasteiger charge is 2.08. The molecule has 0 rings (SSSR count). The molecule has 3 nitrogen and oxygen atoms in total. The lowest BCUT2D eigenvalue weighted by molar-refractivity contribution is -0.140. The van der Waals surface area contributed by atoms with Crippen LogP contribution in [0, 0.1) is 12.8 Å². The lowest BCUT2D eigenvalue weighted by atomic mass is 10.2. The van der Waals surface area contributed by atoms with Crippen LogP contribution in [0.15, 0.2) is 0 Å². The molecule has 0 saturated carbocycles. The van der Waals surface area contributed by atoms with Crippen molar-refractivity contribution in [1.82, 2.24) is 5.32 Å². The van der Waals surface area contributed by atoms with E-state index in [0.29, 0.717) is 6.54 Å². The smallest absolute Gasteiger partial charge is 0.307 e. The van der Waals surface area contributed by atoms with Crippen LogP contribution in [0.3, 0.4) is 0 Å². The van der Waals surface area contributed by atoms with Crippen molar-refractivity contribution in [2.75, 3.05) is 13.1 Å². The summed E-state index contributed by atoms with van der Waals surface area (Å²) in [6.07, 6.45) is 0.798. The Labute approximate surface area is 61.4 Å². The van der Waals surface area contributed by atoms with Gasteiger partial charge in [-0.1, -0.05) is 13.8 Å². The number of hydrogen-bond donors (Lipinski definition) is 2. The fraction of sp³-hybridized carbons (Fsp3) is 0.714. The first-order chi connectivity index (χ1) is 4.68. The van der Waals surface area contributed by atoms with E-state index in [-0.39, 0.29) is 5.92 Å². The van der Waals surface area contributed by atoms with Gasteiger partial charge in [0, 0.05) is 6.54 Å². The van der Waals surface area contributed by atoms with E-state index in [1.165, 1.54) is 0 Å². The fourth-order valence-corrected chi connectivity index (χ4v) is 0.531. The molecule has 3 heteroatoms. The monoisotopic (exact) mass is 144 g/mol. The van der Waals surface area contributed by atoms with Crippen molar-refractivity contribution in [1.29, 1.82) is 0 Å². The normalized spacial score (nSPS) is 13.0. The minimum absolute atomic E-state index is 0.299. The maximum Gasteiger partial charge on any atom is 0.307 e. The van der Waals surface area contributed by atoms with Gasteiger partial charge in [-0.2, -0.15) is 0 Å². The van der Waals surface area contributed by atoms with Gasteiger partial charge in [0.25, 0.3) is 0 Å². The van der Waals surface area contributed by atoms with Gasteiger partial charge in [0.1, 0.15) is 0 Å². The van der Waals surface area contributed by atoms with Crippen LogP contribution >= 0.6 is 0 Å². The van der Waals surface area contributed by atoms with Crippen LogP contribution in [-0.4, -0.2) is 24.2 Å². The maximum absolute atomic E-state index is 10.2. The van der Waals surface area contributed by atoms with Crippen LogP contribution in [0.4, 0.5) is 0 Å². The van der Waals surface area contributed by atoms with Crippen LogP contribution in [0.5, 0.6) is 0 Å². The Bertz CT molecular complexity index is 104. The van der Waals surface area contributed by atoms with Crippen molar-refractivity contribution in [3.63, 3.8) is 0 Å². The standard InChI is InChI=1S/C7H14NO2/c1-3-4-8-5-6(2)7(9)10/h6,8H,1,3-5H2,2H3,(H,9,10). The van der Waals surface area contributed by atoms with Crippen LogP contribution in [0.2, 0.25) is 0 Å². The van der Waals surface area contributed by atoms with Gasteiger partial charge in [0.15, 0.2) is 0 Å². The molecule has 0 heterocycles. The molecule has 0 spiro atoms. The number of carboxylic acid groups (broad SMARTS) is 1. The third kappa shape index (κ3) is 4.32. The number of carboxylic acids is 1. The molecule has 2 N–H and O–H groups in total. The molecule has 0 aliphatic rings. The van der Waals surface area contributed by atoms with E-state index in [1.807, 2.05) is 0 Å². The average Bonchev–Trinajstić information content (AvgIpc) is 1.88. The first kappa shape index (κ1) is 9.43. The molecule has 0 aromatic heterocycles. The van der Waals surface area contributed by atoms with Gasteiger partial charge in [-0.15, -0.1) is 0 Å². The Morgan fingerprint density at radius 1 is 1.80 bits per heavy atom. The highest BCUT2D eigenvalue weighted by atomic mass is 16.4. The highest BCUT2D eigenvalue weighted by molar-refractivity contribution is 5.69. The Balaban J connectivity index is 3.21. The Morgan fingerprint density at radius 2 is 2.40 bits per heavy atom. The van der Waals surface area contributed by atoms with E-state index >= 15 is 0 Å². The summed E-state index contributed by atoms with van der Waals surface area (Å²) >= 11 is 0. The number of hydrogen-bond acceptors (Lipinski definition) is 2. The van der Waals surface area contributed by atoms with E-state index in [2.05, 4.69) is 12.2 Å². The first-order valence-electron chi connectivity index (χ1n) is 3.41. The zero-order valence-corrected chi connectivity index (χ0v) is 6.26. The lowest BCUT2D eigenvalue weighted by Gasteiger charge is -2.05. The molecule has 0 aromatic rings. The van der Waals surface area contributed by atoms with Gasteiger partial charge in [0.2, 0.25) is 0 Å². The lowest BCUT2D eigenvalue weighted by Crippen LogP contribution is -2.26. The summed E-state index contributed by atoms with van der Waals surface area (Å²) in [6, 6.07) is 0. The number of nitrogens with one attached hydrogen (secondary N) is 1. The van der Waals surface area contributed by atoms with E-state index in [1.54, 1.807) is 6.92 Å². The van der Waals surface area contributed by atoms with Crippen LogP contribution in [0.1, 0.15) is 13.3 Å². The summed E-state index contributed by atoms with van der Waals surface area (Å²) < 4.78 is 0. The molecule has 0 amide bonds. The molecule has 59 valence electrons. The van der Waals surface area contributed by atoms with Crippen molar-refractivity contribution in [2.45, 2.75) is 13.3 Å². The van der Waals surface area contributed by atoms with E-state index in [4.69, 9.17) is 5.11 Å². The van der Waals surface area contributed by atoms with Crippen molar-refractivity contribution in [2.24, 2.45) is 5.92 Å². The number of rotatable bonds is 5. The van der Waals surface area contributed by atoms with E-state index in [0.717, 1.165) is 13.0 Å². The summed E-state index contributed by atoms with van der Waals surface area (Å²) in [5, 5.41) is 11.4. The van der Waals surface area contributed by atoms with E-state index in [9.17, 15) is 4.79 Å². The predicted molar refractivity (Wildman–Crippen MR) is 39.6 cm³/mol. The highest BCUT2D eigenvalue weighted by Crippen LogP contribution is 1.90. The van der Waals surface area contributed by atoms with Gasteiger partial charge in [-0.3, -0.25) is 4.79 Å². The molecule has 1 unspecified atom stereocenters. The molecule has 1 radical (unpaired) electrons. The van der Waals surface area contributed by atoms with Crippen molar-refractivity contribution in [3.05, 3.63) is 6.92 Å². The molecule has 0 bridgehead atoms. The zero-order valence-electron chi connectivity index (χ0n) is 6.26. The Morgan fingerprint density at radius 3 is 2.80 bits per heavy atom. The van der Waals surface area contributed by atoms with Crippen LogP contribution < -0.4 is 5.32 Å². The van der Waals surface area contributed by atoms with Gasteiger partial charge < -0.3 is 10.4 Å². The molecule has 1 atom stereocenters. The van der Waals surface area contributed by atoms with Gasteiger partial charge in [-0.25, -0.2) is 0 Å². The topological polar surface area (TPSA) is 49.3 Å². The summed E-state index contributed by atoms with van der Waals surface area (Å²) in [6.45, 7) is 6.62. The Kier molecular flexibility index (Phi) is 4.94. The Hall–Kier alpha value is -0.570. The molecule has 0 aliphatic carbocycles. The molecule has 0 fully saturated rings. The minimum Gasteiger partial charge on any atom is -0.481 e. The van der Waals surface area contributed by atoms with E-state index < -0.39 is 5.97 Å². The van der Waals surface area contributed by atoms with Crippen molar-refractivity contribution in [3.8, 4) is 0 Å². The molecule has 0 aliphatic heterocycles. The second kappa shape index (κ2) is 5.23. The molecule has 10 heavy (non-hydrogen) atoms. The first-order valence-corrected chi connectivity index (χ1v) is 3.41. The summed E-state index contributed by atoms with van der Waals surface area (Å²) in [4.78, 5) is 10.2. The quantitative estimate of drug-likeness (QED) is 0.553. The molecular formula is C7H14NO2. The third-order valence-corrected chi connectivity index (χ3v) is 1.23. The van der Waals surface area contributed by atoms with Crippen molar-refractivity contribution >= 4 is 5.97 Å². The zero-order chi connectivity index (χ0) is 7.98. The maximum atomic E-state index is 10.2. The largest absolute Gasteiger partial charge is 0.481 e. The molecule has 0 saturated heterocycles. The fourth-order valence-electron chi connectivity index (χ4n) is 0.531. The minimum atomic E-state index is -0.753. The summed E-state index contributed by atoms with van der Waals surface area (Å²) in [5.74, 6) is -1.05. The van der Waals surface area contributed by atoms with Crippen molar-refractivity contribution < 1.29 is 9.90 Å². The van der Waals surface area contributed by atoms with Crippen LogP contribution in [-0.2, 0) is 4.79 Å². The summed E-state index contributed by atoms with van der Waals surface area (Å²) in [5.41, 5.74) is 0.